The van der Waals surface area contributed by atoms with Gasteiger partial charge in [0.25, 0.3) is 5.91 Å². The number of alkyl halides is 2. The van der Waals surface area contributed by atoms with E-state index in [4.69, 9.17) is 35.4 Å². The number of rotatable bonds is 2. The molecule has 0 saturated carbocycles. The summed E-state index contributed by atoms with van der Waals surface area (Å²) in [4.78, 5) is 10.3. The molecule has 0 unspecified atom stereocenters. The van der Waals surface area contributed by atoms with Crippen LogP contribution in [0.3, 0.4) is 0 Å². The van der Waals surface area contributed by atoms with E-state index in [1.54, 1.807) is 12.1 Å². The summed E-state index contributed by atoms with van der Waals surface area (Å²) in [6.07, 6.45) is 0. The molecule has 1 amide bonds. The van der Waals surface area contributed by atoms with E-state index < -0.39 is 10.7 Å². The lowest BCUT2D eigenvalue weighted by Gasteiger charge is -2.06. The minimum absolute atomic E-state index is 0.321. The van der Waals surface area contributed by atoms with Crippen LogP contribution in [0, 0.1) is 0 Å². The van der Waals surface area contributed by atoms with E-state index in [0.717, 1.165) is 5.56 Å². The molecule has 0 heterocycles. The third-order valence-corrected chi connectivity index (χ3v) is 2.21. The van der Waals surface area contributed by atoms with E-state index in [1.807, 2.05) is 18.2 Å². The van der Waals surface area contributed by atoms with Crippen molar-refractivity contribution in [3.05, 3.63) is 35.9 Å². The summed E-state index contributed by atoms with van der Waals surface area (Å²) in [6, 6.07) is 9.10. The fourth-order valence-electron chi connectivity index (χ4n) is 0.828. The lowest BCUT2D eigenvalue weighted by molar-refractivity contribution is -0.118. The molecule has 2 nitrogen and oxygen atoms in total. The van der Waals surface area contributed by atoms with Crippen molar-refractivity contribution in [1.29, 1.82) is 0 Å². The summed E-state index contributed by atoms with van der Waals surface area (Å²) >= 11 is 15.7. The third kappa shape index (κ3) is 3.25. The fraction of sp³-hybridized carbons (Fsp3) is 0.111. The van der Waals surface area contributed by atoms with E-state index in [-0.39, 0.29) is 0 Å². The normalized spacial score (nSPS) is 9.93. The van der Waals surface area contributed by atoms with E-state index in [2.05, 4.69) is 5.32 Å². The second-order valence-electron chi connectivity index (χ2n) is 2.49. The first-order valence-electron chi connectivity index (χ1n) is 3.79. The smallest absolute Gasteiger partial charge is 0.258 e. The molecular formula is C9H7Cl2NOS. The maximum Gasteiger partial charge on any atom is 0.258 e. The Balaban J connectivity index is 2.65. The van der Waals surface area contributed by atoms with E-state index in [1.165, 1.54) is 0 Å². The van der Waals surface area contributed by atoms with Crippen LogP contribution in [0.1, 0.15) is 5.56 Å². The van der Waals surface area contributed by atoms with Crippen molar-refractivity contribution in [2.75, 3.05) is 0 Å². The van der Waals surface area contributed by atoms with Crippen LogP contribution in [0.2, 0.25) is 0 Å². The average Bonchev–Trinajstić information content (AvgIpc) is 2.19. The van der Waals surface area contributed by atoms with Gasteiger partial charge < -0.3 is 5.32 Å². The second-order valence-corrected chi connectivity index (χ2v) is 3.99. The molecule has 1 aromatic rings. The van der Waals surface area contributed by atoms with Crippen molar-refractivity contribution in [1.82, 2.24) is 5.32 Å². The highest BCUT2D eigenvalue weighted by molar-refractivity contribution is 7.80. The molecule has 1 aromatic carbocycles. The van der Waals surface area contributed by atoms with Gasteiger partial charge in [0, 0.05) is 5.56 Å². The number of nitrogens with one attached hydrogen (secondary N) is 1. The van der Waals surface area contributed by atoms with Crippen molar-refractivity contribution >= 4 is 46.3 Å². The molecule has 0 aliphatic carbocycles. The van der Waals surface area contributed by atoms with Gasteiger partial charge in [-0.2, -0.15) is 0 Å². The number of carbonyl (C=O) groups excluding carboxylic acids is 1. The molecule has 14 heavy (non-hydrogen) atoms. The first kappa shape index (κ1) is 11.4. The zero-order valence-electron chi connectivity index (χ0n) is 7.04. The molecule has 0 bridgehead atoms. The summed E-state index contributed by atoms with van der Waals surface area (Å²) in [5, 5.41) is 2.42. The van der Waals surface area contributed by atoms with Crippen molar-refractivity contribution < 1.29 is 4.79 Å². The minimum atomic E-state index is -1.10. The van der Waals surface area contributed by atoms with Crippen molar-refractivity contribution in [2.45, 2.75) is 4.84 Å². The molecule has 5 heteroatoms. The molecule has 0 atom stereocenters. The summed E-state index contributed by atoms with van der Waals surface area (Å²) in [7, 11) is 0. The number of thiocarbonyl (C=S) groups is 1. The van der Waals surface area contributed by atoms with Gasteiger partial charge in [-0.3, -0.25) is 4.79 Å². The van der Waals surface area contributed by atoms with Gasteiger partial charge in [0.2, 0.25) is 0 Å². The van der Waals surface area contributed by atoms with E-state index in [9.17, 15) is 4.79 Å². The van der Waals surface area contributed by atoms with Crippen LogP contribution in [-0.2, 0) is 4.79 Å². The SMILES string of the molecule is O=C(NC(=S)c1ccccc1)C(Cl)Cl. The Morgan fingerprint density at radius 1 is 1.29 bits per heavy atom. The average molecular weight is 248 g/mol. The molecule has 0 spiro atoms. The minimum Gasteiger partial charge on any atom is -0.314 e. The zero-order chi connectivity index (χ0) is 10.6. The van der Waals surface area contributed by atoms with Crippen LogP contribution in [-0.4, -0.2) is 15.7 Å². The van der Waals surface area contributed by atoms with Crippen LogP contribution in [0.15, 0.2) is 30.3 Å². The molecule has 0 radical (unpaired) electrons. The van der Waals surface area contributed by atoms with Gasteiger partial charge in [-0.05, 0) is 0 Å². The highest BCUT2D eigenvalue weighted by atomic mass is 35.5. The van der Waals surface area contributed by atoms with Gasteiger partial charge in [-0.1, -0.05) is 65.8 Å². The Bertz CT molecular complexity index is 340. The van der Waals surface area contributed by atoms with Crippen LogP contribution >= 0.6 is 35.4 Å². The Kier molecular flexibility index (Phi) is 4.32. The second kappa shape index (κ2) is 5.29. The number of benzene rings is 1. The fourth-order valence-corrected chi connectivity index (χ4v) is 1.17. The van der Waals surface area contributed by atoms with E-state index >= 15 is 0 Å². The number of carbonyl (C=O) groups is 1. The summed E-state index contributed by atoms with van der Waals surface area (Å²) in [5.41, 5.74) is 0.754. The molecule has 1 N–H and O–H groups in total. The quantitative estimate of drug-likeness (QED) is 0.642. The van der Waals surface area contributed by atoms with Gasteiger partial charge in [0.1, 0.15) is 4.99 Å². The number of halogens is 2. The van der Waals surface area contributed by atoms with Gasteiger partial charge >= 0.3 is 0 Å². The lowest BCUT2D eigenvalue weighted by Crippen LogP contribution is -2.33. The topological polar surface area (TPSA) is 29.1 Å². The van der Waals surface area contributed by atoms with Gasteiger partial charge in [0.15, 0.2) is 4.84 Å². The van der Waals surface area contributed by atoms with Gasteiger partial charge in [0.05, 0.1) is 0 Å². The molecular weight excluding hydrogens is 241 g/mol. The molecule has 0 aliphatic heterocycles. The van der Waals surface area contributed by atoms with Crippen LogP contribution < -0.4 is 5.32 Å². The lowest BCUT2D eigenvalue weighted by atomic mass is 10.2. The van der Waals surface area contributed by atoms with Crippen molar-refractivity contribution in [3.8, 4) is 0 Å². The van der Waals surface area contributed by atoms with Crippen molar-refractivity contribution in [3.63, 3.8) is 0 Å². The summed E-state index contributed by atoms with van der Waals surface area (Å²) in [6.45, 7) is 0. The maximum absolute atomic E-state index is 11.1. The third-order valence-electron chi connectivity index (χ3n) is 1.47. The van der Waals surface area contributed by atoms with Crippen LogP contribution in [0.5, 0.6) is 0 Å². The first-order chi connectivity index (χ1) is 6.61. The molecule has 0 saturated heterocycles. The number of hydrogen-bond donors (Lipinski definition) is 1. The molecule has 0 aliphatic rings. The number of hydrogen-bond acceptors (Lipinski definition) is 2. The molecule has 0 aromatic heterocycles. The Labute approximate surface area is 97.2 Å². The zero-order valence-corrected chi connectivity index (χ0v) is 9.36. The predicted octanol–water partition coefficient (Wildman–Crippen LogP) is 2.28. The largest absolute Gasteiger partial charge is 0.314 e. The molecule has 0 fully saturated rings. The maximum atomic E-state index is 11.1. The highest BCUT2D eigenvalue weighted by Gasteiger charge is 2.13. The highest BCUT2D eigenvalue weighted by Crippen LogP contribution is 2.03. The summed E-state index contributed by atoms with van der Waals surface area (Å²) in [5.74, 6) is -0.512. The van der Waals surface area contributed by atoms with E-state index in [0.29, 0.717) is 4.99 Å². The standard InChI is InChI=1S/C9H7Cl2NOS/c10-7(11)8(13)12-9(14)6-4-2-1-3-5-6/h1-5,7H,(H,12,13,14). The predicted molar refractivity (Wildman–Crippen MR) is 61.8 cm³/mol. The Morgan fingerprint density at radius 3 is 2.36 bits per heavy atom. The van der Waals surface area contributed by atoms with Crippen LogP contribution in [0.25, 0.3) is 0 Å². The number of amides is 1. The Hall–Kier alpha value is -0.640. The van der Waals surface area contributed by atoms with Gasteiger partial charge in [-0.15, -0.1) is 0 Å². The molecule has 74 valence electrons. The summed E-state index contributed by atoms with van der Waals surface area (Å²) < 4.78 is 0. The molecule has 1 rings (SSSR count). The first-order valence-corrected chi connectivity index (χ1v) is 5.08. The van der Waals surface area contributed by atoms with Crippen molar-refractivity contribution in [2.24, 2.45) is 0 Å². The van der Waals surface area contributed by atoms with Crippen LogP contribution in [0.4, 0.5) is 0 Å². The van der Waals surface area contributed by atoms with Gasteiger partial charge in [-0.25, -0.2) is 0 Å². The Morgan fingerprint density at radius 2 is 1.86 bits per heavy atom. The monoisotopic (exact) mass is 247 g/mol.